The van der Waals surface area contributed by atoms with Crippen molar-refractivity contribution in [3.05, 3.63) is 60.3 Å². The Bertz CT molecular complexity index is 1630. The Kier molecular flexibility index (Phi) is 7.00. The summed E-state index contributed by atoms with van der Waals surface area (Å²) < 4.78 is 68.5. The Balaban J connectivity index is 1.38. The molecule has 1 aromatic carbocycles. The van der Waals surface area contributed by atoms with Crippen LogP contribution in [0.4, 0.5) is 18.9 Å². The number of anilines is 1. The Morgan fingerprint density at radius 3 is 2.40 bits per heavy atom. The van der Waals surface area contributed by atoms with Crippen molar-refractivity contribution in [2.24, 2.45) is 5.92 Å². The van der Waals surface area contributed by atoms with Crippen molar-refractivity contribution in [1.82, 2.24) is 20.1 Å². The van der Waals surface area contributed by atoms with Gasteiger partial charge in [0.05, 0.1) is 29.5 Å². The first-order valence-electron chi connectivity index (χ1n) is 13.8. The van der Waals surface area contributed by atoms with E-state index in [1.54, 1.807) is 6.20 Å². The van der Waals surface area contributed by atoms with Gasteiger partial charge in [-0.3, -0.25) is 4.79 Å². The average molecular weight is 599 g/mol. The normalized spacial score (nSPS) is 24.0. The Hall–Kier alpha value is -3.92. The first-order valence-corrected chi connectivity index (χ1v) is 15.7. The summed E-state index contributed by atoms with van der Waals surface area (Å²) in [6.07, 6.45) is 2.61. The molecule has 2 unspecified atom stereocenters. The summed E-state index contributed by atoms with van der Waals surface area (Å²) in [6, 6.07) is 12.1. The fourth-order valence-electron chi connectivity index (χ4n) is 5.78. The summed E-state index contributed by atoms with van der Waals surface area (Å²) in [7, 11) is -3.04. The van der Waals surface area contributed by atoms with Crippen LogP contribution in [0.25, 0.3) is 16.9 Å². The lowest BCUT2D eigenvalue weighted by Gasteiger charge is -2.35. The van der Waals surface area contributed by atoms with Crippen molar-refractivity contribution in [1.29, 1.82) is 5.26 Å². The zero-order valence-electron chi connectivity index (χ0n) is 22.6. The van der Waals surface area contributed by atoms with Gasteiger partial charge in [-0.15, -0.1) is 0 Å². The SMILES string of the molecule is N#CC1(NC(=O)C2CCC(F)(F)CC2c2nn(-c3ccc(F)cn3)cc2-c2ccc(N3CCS(=O)(=O)CC3)cc2)CC1. The molecule has 1 amide bonds. The zero-order valence-corrected chi connectivity index (χ0v) is 23.5. The predicted molar refractivity (Wildman–Crippen MR) is 148 cm³/mol. The molecule has 3 aromatic rings. The van der Waals surface area contributed by atoms with Crippen LogP contribution in [0, 0.1) is 23.1 Å². The molecule has 2 aromatic heterocycles. The second-order valence-corrected chi connectivity index (χ2v) is 13.7. The third-order valence-electron chi connectivity index (χ3n) is 8.42. The van der Waals surface area contributed by atoms with E-state index in [9.17, 15) is 31.6 Å². The van der Waals surface area contributed by atoms with Crippen molar-refractivity contribution in [3.8, 4) is 23.0 Å². The van der Waals surface area contributed by atoms with E-state index in [0.717, 1.165) is 11.9 Å². The van der Waals surface area contributed by atoms with Gasteiger partial charge in [-0.2, -0.15) is 10.4 Å². The maximum atomic E-state index is 14.9. The van der Waals surface area contributed by atoms with Crippen LogP contribution >= 0.6 is 0 Å². The number of hydrogen-bond donors (Lipinski definition) is 1. The maximum Gasteiger partial charge on any atom is 0.248 e. The highest BCUT2D eigenvalue weighted by atomic mass is 32.2. The van der Waals surface area contributed by atoms with E-state index < -0.39 is 57.7 Å². The van der Waals surface area contributed by atoms with Crippen LogP contribution in [0.5, 0.6) is 0 Å². The van der Waals surface area contributed by atoms with E-state index in [1.807, 2.05) is 29.2 Å². The highest BCUT2D eigenvalue weighted by Crippen LogP contribution is 2.48. The van der Waals surface area contributed by atoms with Crippen LogP contribution in [0.1, 0.15) is 43.7 Å². The van der Waals surface area contributed by atoms with Gasteiger partial charge in [0.15, 0.2) is 15.7 Å². The number of hydrogen-bond acceptors (Lipinski definition) is 7. The molecule has 3 aliphatic rings. The number of carbonyl (C=O) groups excluding carboxylic acids is 1. The average Bonchev–Trinajstić information content (AvgIpc) is 3.59. The second-order valence-electron chi connectivity index (χ2n) is 11.4. The number of nitrogens with one attached hydrogen (secondary N) is 1. The van der Waals surface area contributed by atoms with Gasteiger partial charge in [0, 0.05) is 55.2 Å². The minimum Gasteiger partial charge on any atom is -0.369 e. The quantitative estimate of drug-likeness (QED) is 0.455. The predicted octanol–water partition coefficient (Wildman–Crippen LogP) is 4.00. The summed E-state index contributed by atoms with van der Waals surface area (Å²) in [6.45, 7) is 0.748. The standard InChI is InChI=1S/C29H29F3N6O3S/c30-20-3-6-25(34-16-20)38-17-24(19-1-4-21(5-2-19)37-11-13-42(40,41)14-12-37)26(36-38)23-15-29(31,32)8-7-22(23)27(39)35-28(18-33)9-10-28/h1-6,16-17,22-23H,7-15H2,(H,35,39). The largest absolute Gasteiger partial charge is 0.369 e. The van der Waals surface area contributed by atoms with E-state index in [4.69, 9.17) is 0 Å². The van der Waals surface area contributed by atoms with Gasteiger partial charge in [-0.05, 0) is 49.1 Å². The van der Waals surface area contributed by atoms with Gasteiger partial charge >= 0.3 is 0 Å². The molecule has 3 fully saturated rings. The fraction of sp³-hybridized carbons (Fsp3) is 0.448. The molecule has 0 radical (unpaired) electrons. The maximum absolute atomic E-state index is 14.9. The van der Waals surface area contributed by atoms with Gasteiger partial charge in [0.1, 0.15) is 11.4 Å². The molecular formula is C29H29F3N6O3S. The number of pyridine rings is 1. The van der Waals surface area contributed by atoms with E-state index in [0.29, 0.717) is 42.8 Å². The first-order chi connectivity index (χ1) is 20.0. The van der Waals surface area contributed by atoms with Crippen molar-refractivity contribution in [2.45, 2.75) is 49.5 Å². The summed E-state index contributed by atoms with van der Waals surface area (Å²) in [4.78, 5) is 19.5. The number of nitrogens with zero attached hydrogens (tertiary/aromatic N) is 5. The van der Waals surface area contributed by atoms with Crippen molar-refractivity contribution in [2.75, 3.05) is 29.5 Å². The number of carbonyl (C=O) groups is 1. The Morgan fingerprint density at radius 2 is 1.79 bits per heavy atom. The Labute approximate surface area is 241 Å². The minimum atomic E-state index is -3.04. The highest BCUT2D eigenvalue weighted by molar-refractivity contribution is 7.91. The van der Waals surface area contributed by atoms with E-state index in [1.165, 1.54) is 16.8 Å². The van der Waals surface area contributed by atoms with Gasteiger partial charge in [0.2, 0.25) is 11.8 Å². The molecule has 9 nitrogen and oxygen atoms in total. The van der Waals surface area contributed by atoms with Crippen molar-refractivity contribution < 1.29 is 26.4 Å². The van der Waals surface area contributed by atoms with Crippen LogP contribution in [0.15, 0.2) is 48.8 Å². The lowest BCUT2D eigenvalue weighted by atomic mass is 9.74. The first kappa shape index (κ1) is 28.2. The molecule has 2 aliphatic carbocycles. The van der Waals surface area contributed by atoms with Crippen LogP contribution in [0.2, 0.25) is 0 Å². The third kappa shape index (κ3) is 5.72. The molecule has 220 valence electrons. The molecule has 1 saturated heterocycles. The molecule has 3 heterocycles. The van der Waals surface area contributed by atoms with E-state index >= 15 is 0 Å². The smallest absolute Gasteiger partial charge is 0.248 e. The van der Waals surface area contributed by atoms with Gasteiger partial charge in [-0.1, -0.05) is 12.1 Å². The molecule has 13 heteroatoms. The number of benzene rings is 1. The summed E-state index contributed by atoms with van der Waals surface area (Å²) in [5, 5.41) is 16.9. The number of alkyl halides is 2. The van der Waals surface area contributed by atoms with Crippen molar-refractivity contribution in [3.63, 3.8) is 0 Å². The molecule has 1 aliphatic heterocycles. The van der Waals surface area contributed by atoms with Crippen LogP contribution < -0.4 is 10.2 Å². The summed E-state index contributed by atoms with van der Waals surface area (Å²) in [5.74, 6) is -5.35. The summed E-state index contributed by atoms with van der Waals surface area (Å²) >= 11 is 0. The van der Waals surface area contributed by atoms with Gasteiger partial charge in [-0.25, -0.2) is 31.3 Å². The summed E-state index contributed by atoms with van der Waals surface area (Å²) in [5.41, 5.74) is 1.37. The van der Waals surface area contributed by atoms with Crippen LogP contribution in [0.3, 0.4) is 0 Å². The second kappa shape index (κ2) is 10.4. The molecule has 6 rings (SSSR count). The van der Waals surface area contributed by atoms with Gasteiger partial charge < -0.3 is 10.2 Å². The molecule has 42 heavy (non-hydrogen) atoms. The van der Waals surface area contributed by atoms with Crippen LogP contribution in [-0.2, 0) is 14.6 Å². The third-order valence-corrected chi connectivity index (χ3v) is 10.0. The van der Waals surface area contributed by atoms with E-state index in [-0.39, 0.29) is 23.7 Å². The van der Waals surface area contributed by atoms with Gasteiger partial charge in [0.25, 0.3) is 0 Å². The molecule has 1 N–H and O–H groups in total. The van der Waals surface area contributed by atoms with Crippen molar-refractivity contribution >= 4 is 21.4 Å². The minimum absolute atomic E-state index is 0.0666. The lowest BCUT2D eigenvalue weighted by molar-refractivity contribution is -0.131. The number of amides is 1. The molecule has 0 spiro atoms. The topological polar surface area (TPSA) is 121 Å². The number of sulfone groups is 1. The zero-order chi connectivity index (χ0) is 29.7. The molecule has 2 atom stereocenters. The molecular weight excluding hydrogens is 569 g/mol. The number of nitriles is 1. The van der Waals surface area contributed by atoms with Crippen LogP contribution in [-0.4, -0.2) is 65.1 Å². The number of rotatable bonds is 6. The molecule has 0 bridgehead atoms. The lowest BCUT2D eigenvalue weighted by Crippen LogP contribution is -2.45. The van der Waals surface area contributed by atoms with E-state index in [2.05, 4.69) is 21.5 Å². The highest BCUT2D eigenvalue weighted by Gasteiger charge is 2.50. The Morgan fingerprint density at radius 1 is 1.07 bits per heavy atom. The number of aromatic nitrogens is 3. The monoisotopic (exact) mass is 598 g/mol. The molecule has 2 saturated carbocycles. The fourth-order valence-corrected chi connectivity index (χ4v) is 6.98. The number of halogens is 3.